The van der Waals surface area contributed by atoms with Crippen molar-refractivity contribution in [1.82, 2.24) is 0 Å². The molecule has 116 valence electrons. The van der Waals surface area contributed by atoms with Crippen LogP contribution in [-0.2, 0) is 12.8 Å². The Bertz CT molecular complexity index is 813. The first-order valence-corrected chi connectivity index (χ1v) is 8.25. The molecule has 23 heavy (non-hydrogen) atoms. The van der Waals surface area contributed by atoms with E-state index in [9.17, 15) is 0 Å². The molecule has 2 aromatic carbocycles. The molecule has 0 fully saturated rings. The van der Waals surface area contributed by atoms with Gasteiger partial charge in [-0.25, -0.2) is 0 Å². The van der Waals surface area contributed by atoms with Crippen molar-refractivity contribution in [3.63, 3.8) is 0 Å². The zero-order chi connectivity index (χ0) is 16.0. The maximum Gasteiger partial charge on any atom is 0.148 e. The third kappa shape index (κ3) is 2.16. The molecule has 0 amide bonds. The standard InChI is InChI=1S/C21H22NO/c1-4-13-23-19-10-6-8-16-14-18-20-15(11-12-22(18,2)3)7-5-9-17(20)21(16)19/h1,5-10,18H,11-14H2,2-3H3/q+1. The lowest BCUT2D eigenvalue weighted by molar-refractivity contribution is -0.923. The molecule has 0 radical (unpaired) electrons. The summed E-state index contributed by atoms with van der Waals surface area (Å²) in [6, 6.07) is 13.6. The summed E-state index contributed by atoms with van der Waals surface area (Å²) < 4.78 is 6.90. The Kier molecular flexibility index (Phi) is 3.21. The molecule has 2 heteroatoms. The largest absolute Gasteiger partial charge is 0.480 e. The van der Waals surface area contributed by atoms with E-state index in [0.717, 1.165) is 23.1 Å². The van der Waals surface area contributed by atoms with E-state index in [1.54, 1.807) is 0 Å². The molecular weight excluding hydrogens is 282 g/mol. The number of ether oxygens (including phenoxy) is 1. The summed E-state index contributed by atoms with van der Waals surface area (Å²) in [5.41, 5.74) is 6.99. The highest BCUT2D eigenvalue weighted by Crippen LogP contribution is 2.49. The fourth-order valence-electron chi connectivity index (χ4n) is 4.21. The van der Waals surface area contributed by atoms with E-state index in [2.05, 4.69) is 50.3 Å². The quantitative estimate of drug-likeness (QED) is 0.608. The van der Waals surface area contributed by atoms with E-state index < -0.39 is 0 Å². The van der Waals surface area contributed by atoms with E-state index in [-0.39, 0.29) is 0 Å². The van der Waals surface area contributed by atoms with E-state index in [0.29, 0.717) is 12.6 Å². The predicted molar refractivity (Wildman–Crippen MR) is 93.3 cm³/mol. The number of benzene rings is 2. The van der Waals surface area contributed by atoms with Crippen LogP contribution >= 0.6 is 0 Å². The Morgan fingerprint density at radius 1 is 1.17 bits per heavy atom. The molecule has 0 N–H and O–H groups in total. The predicted octanol–water partition coefficient (Wildman–Crippen LogP) is 3.60. The minimum Gasteiger partial charge on any atom is -0.480 e. The van der Waals surface area contributed by atoms with Crippen LogP contribution in [-0.4, -0.2) is 31.7 Å². The van der Waals surface area contributed by atoms with Crippen molar-refractivity contribution in [2.75, 3.05) is 27.2 Å². The van der Waals surface area contributed by atoms with Crippen LogP contribution in [0.3, 0.4) is 0 Å². The fraction of sp³-hybridized carbons (Fsp3) is 0.333. The number of rotatable bonds is 2. The molecule has 1 heterocycles. The van der Waals surface area contributed by atoms with Gasteiger partial charge in [0.05, 0.1) is 20.6 Å². The van der Waals surface area contributed by atoms with E-state index >= 15 is 0 Å². The monoisotopic (exact) mass is 304 g/mol. The molecule has 2 nitrogen and oxygen atoms in total. The minimum atomic E-state index is 0.316. The van der Waals surface area contributed by atoms with Gasteiger partial charge in [0.2, 0.25) is 0 Å². The SMILES string of the molecule is C#CCOc1cccc2c1-c1cccc3c1C(C2)[N+](C)(C)CC3. The van der Waals surface area contributed by atoms with Gasteiger partial charge < -0.3 is 9.22 Å². The smallest absolute Gasteiger partial charge is 0.148 e. The molecule has 1 atom stereocenters. The van der Waals surface area contributed by atoms with Gasteiger partial charge in [0, 0.05) is 24.0 Å². The molecule has 1 aliphatic heterocycles. The Hall–Kier alpha value is -2.24. The van der Waals surface area contributed by atoms with Crippen molar-refractivity contribution in [3.05, 3.63) is 53.1 Å². The van der Waals surface area contributed by atoms with E-state index in [1.807, 2.05) is 6.07 Å². The maximum absolute atomic E-state index is 5.85. The molecule has 0 saturated heterocycles. The van der Waals surface area contributed by atoms with Crippen LogP contribution in [0.5, 0.6) is 5.75 Å². The zero-order valence-corrected chi connectivity index (χ0v) is 13.8. The Labute approximate surface area is 138 Å². The summed E-state index contributed by atoms with van der Waals surface area (Å²) >= 11 is 0. The normalized spacial score (nSPS) is 20.1. The molecule has 2 aliphatic rings. The average Bonchev–Trinajstić information content (AvgIpc) is 2.56. The molecule has 2 aromatic rings. The fourth-order valence-corrected chi connectivity index (χ4v) is 4.21. The molecule has 4 rings (SSSR count). The molecule has 0 saturated carbocycles. The highest BCUT2D eigenvalue weighted by molar-refractivity contribution is 5.80. The van der Waals surface area contributed by atoms with Crippen LogP contribution in [0, 0.1) is 12.3 Å². The van der Waals surface area contributed by atoms with Gasteiger partial charge in [-0.2, -0.15) is 0 Å². The van der Waals surface area contributed by atoms with E-state index in [1.165, 1.54) is 34.4 Å². The van der Waals surface area contributed by atoms with Gasteiger partial charge in [0.1, 0.15) is 18.4 Å². The first kappa shape index (κ1) is 14.4. The third-order valence-corrected chi connectivity index (χ3v) is 5.44. The summed E-state index contributed by atoms with van der Waals surface area (Å²) in [6.07, 6.45) is 7.60. The molecular formula is C21H22NO+. The lowest BCUT2D eigenvalue weighted by atomic mass is 9.76. The first-order valence-electron chi connectivity index (χ1n) is 8.25. The second-order valence-corrected chi connectivity index (χ2v) is 7.13. The third-order valence-electron chi connectivity index (χ3n) is 5.44. The zero-order valence-electron chi connectivity index (χ0n) is 13.8. The lowest BCUT2D eigenvalue weighted by Crippen LogP contribution is -2.49. The van der Waals surface area contributed by atoms with Gasteiger partial charge >= 0.3 is 0 Å². The number of terminal acetylenes is 1. The second kappa shape index (κ2) is 5.15. The number of quaternary nitrogens is 1. The summed E-state index contributed by atoms with van der Waals surface area (Å²) in [6.45, 7) is 1.51. The average molecular weight is 304 g/mol. The van der Waals surface area contributed by atoms with Crippen molar-refractivity contribution < 1.29 is 9.22 Å². The number of nitrogens with zero attached hydrogens (tertiary/aromatic N) is 1. The summed E-state index contributed by atoms with van der Waals surface area (Å²) in [5, 5.41) is 0. The highest BCUT2D eigenvalue weighted by Gasteiger charge is 2.41. The molecule has 0 spiro atoms. The molecule has 0 aromatic heterocycles. The van der Waals surface area contributed by atoms with Gasteiger partial charge in [0.25, 0.3) is 0 Å². The van der Waals surface area contributed by atoms with Gasteiger partial charge in [-0.1, -0.05) is 36.3 Å². The number of fused-ring (bicyclic) bond motifs is 2. The number of hydrogen-bond acceptors (Lipinski definition) is 1. The van der Waals surface area contributed by atoms with Crippen molar-refractivity contribution in [2.24, 2.45) is 0 Å². The van der Waals surface area contributed by atoms with Crippen LogP contribution in [0.2, 0.25) is 0 Å². The second-order valence-electron chi connectivity index (χ2n) is 7.13. The highest BCUT2D eigenvalue weighted by atomic mass is 16.5. The van der Waals surface area contributed by atoms with E-state index in [4.69, 9.17) is 11.2 Å². The number of hydrogen-bond donors (Lipinski definition) is 0. The first-order chi connectivity index (χ1) is 11.1. The molecule has 1 aliphatic carbocycles. The molecule has 0 bridgehead atoms. The van der Waals surface area contributed by atoms with Gasteiger partial charge in [-0.05, 0) is 22.8 Å². The van der Waals surface area contributed by atoms with Crippen molar-refractivity contribution in [2.45, 2.75) is 18.9 Å². The summed E-state index contributed by atoms with van der Waals surface area (Å²) in [5.74, 6) is 3.50. The van der Waals surface area contributed by atoms with Gasteiger partial charge in [-0.3, -0.25) is 0 Å². The Balaban J connectivity index is 1.95. The minimum absolute atomic E-state index is 0.316. The Morgan fingerprint density at radius 2 is 1.96 bits per heavy atom. The van der Waals surface area contributed by atoms with Crippen LogP contribution in [0.15, 0.2) is 36.4 Å². The summed E-state index contributed by atoms with van der Waals surface area (Å²) in [4.78, 5) is 0. The lowest BCUT2D eigenvalue weighted by Gasteiger charge is -2.45. The van der Waals surface area contributed by atoms with Crippen molar-refractivity contribution >= 4 is 0 Å². The number of likely N-dealkylation sites (N-methyl/N-ethyl adjacent to an activating group) is 1. The molecule has 1 unspecified atom stereocenters. The summed E-state index contributed by atoms with van der Waals surface area (Å²) in [7, 11) is 4.71. The van der Waals surface area contributed by atoms with Crippen LogP contribution < -0.4 is 4.74 Å². The van der Waals surface area contributed by atoms with Crippen molar-refractivity contribution in [3.8, 4) is 29.2 Å². The topological polar surface area (TPSA) is 9.23 Å². The van der Waals surface area contributed by atoms with Crippen LogP contribution in [0.25, 0.3) is 11.1 Å². The Morgan fingerprint density at radius 3 is 2.78 bits per heavy atom. The van der Waals surface area contributed by atoms with Crippen LogP contribution in [0.4, 0.5) is 0 Å². The van der Waals surface area contributed by atoms with Crippen LogP contribution in [0.1, 0.15) is 22.7 Å². The van der Waals surface area contributed by atoms with Gasteiger partial charge in [-0.15, -0.1) is 6.42 Å². The maximum atomic E-state index is 5.85. The van der Waals surface area contributed by atoms with Gasteiger partial charge in [0.15, 0.2) is 0 Å². The van der Waals surface area contributed by atoms with Crippen molar-refractivity contribution in [1.29, 1.82) is 0 Å².